The van der Waals surface area contributed by atoms with Crippen molar-refractivity contribution in [3.63, 3.8) is 0 Å². The number of nitrogens with one attached hydrogen (secondary N) is 2. The van der Waals surface area contributed by atoms with Crippen molar-refractivity contribution in [1.82, 2.24) is 10.2 Å². The summed E-state index contributed by atoms with van der Waals surface area (Å²) in [4.78, 5) is 28.3. The van der Waals surface area contributed by atoms with E-state index in [0.29, 0.717) is 0 Å². The minimum absolute atomic E-state index is 0.0175. The van der Waals surface area contributed by atoms with Crippen LogP contribution in [-0.2, 0) is 9.59 Å². The standard InChI is InChI=1S/C18H28N4O2/c1-18(2,3)17(24)19-13-16(23)20-14-5-7-15(8-6-14)22-11-9-21(4)10-12-22/h5-8H,9-13H2,1-4H3,(H,19,24)(H,20,23). The van der Waals surface area contributed by atoms with E-state index in [1.54, 1.807) is 0 Å². The normalized spacial score (nSPS) is 15.9. The molecule has 0 spiro atoms. The van der Waals surface area contributed by atoms with Crippen LogP contribution in [0.4, 0.5) is 11.4 Å². The zero-order valence-electron chi connectivity index (χ0n) is 15.1. The van der Waals surface area contributed by atoms with Crippen LogP contribution < -0.4 is 15.5 Å². The van der Waals surface area contributed by atoms with Crippen molar-refractivity contribution in [2.75, 3.05) is 50.0 Å². The maximum Gasteiger partial charge on any atom is 0.243 e. The van der Waals surface area contributed by atoms with Gasteiger partial charge in [-0.05, 0) is 31.3 Å². The molecule has 0 aliphatic carbocycles. The fourth-order valence-electron chi connectivity index (χ4n) is 2.45. The average Bonchev–Trinajstić information content (AvgIpc) is 2.53. The van der Waals surface area contributed by atoms with Gasteiger partial charge < -0.3 is 20.4 Å². The molecule has 0 bridgehead atoms. The lowest BCUT2D eigenvalue weighted by molar-refractivity contribution is -0.130. The predicted molar refractivity (Wildman–Crippen MR) is 97.2 cm³/mol. The third kappa shape index (κ3) is 5.23. The number of hydrogen-bond donors (Lipinski definition) is 2. The van der Waals surface area contributed by atoms with Gasteiger partial charge >= 0.3 is 0 Å². The second-order valence-corrected chi connectivity index (χ2v) is 7.32. The Bertz CT molecular complexity index is 570. The Balaban J connectivity index is 1.83. The minimum atomic E-state index is -0.496. The highest BCUT2D eigenvalue weighted by Crippen LogP contribution is 2.19. The van der Waals surface area contributed by atoms with Crippen molar-refractivity contribution in [3.05, 3.63) is 24.3 Å². The van der Waals surface area contributed by atoms with E-state index in [1.807, 2.05) is 45.0 Å². The molecule has 0 atom stereocenters. The highest BCUT2D eigenvalue weighted by Gasteiger charge is 2.21. The summed E-state index contributed by atoms with van der Waals surface area (Å²) in [6, 6.07) is 7.84. The van der Waals surface area contributed by atoms with Crippen molar-refractivity contribution in [1.29, 1.82) is 0 Å². The van der Waals surface area contributed by atoms with E-state index in [2.05, 4.69) is 27.5 Å². The molecule has 1 saturated heterocycles. The summed E-state index contributed by atoms with van der Waals surface area (Å²) in [5.41, 5.74) is 1.41. The lowest BCUT2D eigenvalue weighted by Crippen LogP contribution is -2.44. The van der Waals surface area contributed by atoms with Crippen molar-refractivity contribution < 1.29 is 9.59 Å². The van der Waals surface area contributed by atoms with Crippen molar-refractivity contribution in [2.24, 2.45) is 5.41 Å². The van der Waals surface area contributed by atoms with Crippen LogP contribution in [0.25, 0.3) is 0 Å². The SMILES string of the molecule is CN1CCN(c2ccc(NC(=O)CNC(=O)C(C)(C)C)cc2)CC1. The molecule has 6 nitrogen and oxygen atoms in total. The van der Waals surface area contributed by atoms with Gasteiger partial charge in [-0.2, -0.15) is 0 Å². The lowest BCUT2D eigenvalue weighted by Gasteiger charge is -2.34. The molecular formula is C18H28N4O2. The van der Waals surface area contributed by atoms with E-state index in [9.17, 15) is 9.59 Å². The van der Waals surface area contributed by atoms with Gasteiger partial charge in [0, 0.05) is 43.0 Å². The molecule has 0 aromatic heterocycles. The van der Waals surface area contributed by atoms with Crippen LogP contribution in [-0.4, -0.2) is 56.5 Å². The van der Waals surface area contributed by atoms with Gasteiger partial charge in [0.1, 0.15) is 0 Å². The lowest BCUT2D eigenvalue weighted by atomic mass is 9.96. The second-order valence-electron chi connectivity index (χ2n) is 7.32. The van der Waals surface area contributed by atoms with E-state index in [-0.39, 0.29) is 18.4 Å². The van der Waals surface area contributed by atoms with Gasteiger partial charge in [-0.15, -0.1) is 0 Å². The van der Waals surface area contributed by atoms with Gasteiger partial charge in [0.05, 0.1) is 6.54 Å². The molecule has 132 valence electrons. The quantitative estimate of drug-likeness (QED) is 0.878. The molecule has 1 heterocycles. The summed E-state index contributed by atoms with van der Waals surface area (Å²) < 4.78 is 0. The first kappa shape index (κ1) is 18.3. The molecule has 1 aromatic carbocycles. The number of anilines is 2. The van der Waals surface area contributed by atoms with E-state index in [4.69, 9.17) is 0 Å². The molecule has 0 radical (unpaired) electrons. The molecule has 6 heteroatoms. The van der Waals surface area contributed by atoms with Crippen LogP contribution in [0.5, 0.6) is 0 Å². The first-order valence-corrected chi connectivity index (χ1v) is 8.37. The zero-order valence-corrected chi connectivity index (χ0v) is 15.1. The first-order valence-electron chi connectivity index (χ1n) is 8.37. The highest BCUT2D eigenvalue weighted by atomic mass is 16.2. The summed E-state index contributed by atoms with van der Waals surface area (Å²) >= 11 is 0. The number of carbonyl (C=O) groups excluding carboxylic acids is 2. The molecule has 24 heavy (non-hydrogen) atoms. The number of hydrogen-bond acceptors (Lipinski definition) is 4. The van der Waals surface area contributed by atoms with Crippen LogP contribution in [0.1, 0.15) is 20.8 Å². The van der Waals surface area contributed by atoms with Crippen molar-refractivity contribution in [3.8, 4) is 0 Å². The molecule has 1 aliphatic rings. The van der Waals surface area contributed by atoms with Gasteiger partial charge in [-0.3, -0.25) is 9.59 Å². The van der Waals surface area contributed by atoms with Crippen molar-refractivity contribution >= 4 is 23.2 Å². The van der Waals surface area contributed by atoms with Gasteiger partial charge in [-0.25, -0.2) is 0 Å². The Labute approximate surface area is 144 Å². The maximum atomic E-state index is 11.9. The molecule has 1 fully saturated rings. The Hall–Kier alpha value is -2.08. The summed E-state index contributed by atoms with van der Waals surface area (Å²) in [6.07, 6.45) is 0. The number of amides is 2. The fourth-order valence-corrected chi connectivity index (χ4v) is 2.45. The zero-order chi connectivity index (χ0) is 17.7. The third-order valence-corrected chi connectivity index (χ3v) is 4.11. The Kier molecular flexibility index (Phi) is 5.83. The number of piperazine rings is 1. The Morgan fingerprint density at radius 2 is 1.62 bits per heavy atom. The van der Waals surface area contributed by atoms with Gasteiger partial charge in [0.2, 0.25) is 11.8 Å². The largest absolute Gasteiger partial charge is 0.369 e. The van der Waals surface area contributed by atoms with Crippen LogP contribution >= 0.6 is 0 Å². The molecule has 1 aromatic rings. The molecular weight excluding hydrogens is 304 g/mol. The molecule has 0 unspecified atom stereocenters. The summed E-state index contributed by atoms with van der Waals surface area (Å²) in [5.74, 6) is -0.358. The molecule has 2 amide bonds. The molecule has 2 N–H and O–H groups in total. The maximum absolute atomic E-state index is 11.9. The van der Waals surface area contributed by atoms with Crippen LogP contribution in [0, 0.1) is 5.41 Å². The van der Waals surface area contributed by atoms with E-state index >= 15 is 0 Å². The number of carbonyl (C=O) groups is 2. The Morgan fingerprint density at radius 1 is 1.04 bits per heavy atom. The Morgan fingerprint density at radius 3 is 2.17 bits per heavy atom. The third-order valence-electron chi connectivity index (χ3n) is 4.11. The summed E-state index contributed by atoms with van der Waals surface area (Å²) in [6.45, 7) is 9.59. The predicted octanol–water partition coefficient (Wildman–Crippen LogP) is 1.54. The minimum Gasteiger partial charge on any atom is -0.369 e. The van der Waals surface area contributed by atoms with Crippen molar-refractivity contribution in [2.45, 2.75) is 20.8 Å². The van der Waals surface area contributed by atoms with E-state index in [1.165, 1.54) is 5.69 Å². The average molecular weight is 332 g/mol. The van der Waals surface area contributed by atoms with E-state index < -0.39 is 5.41 Å². The number of rotatable bonds is 4. The van der Waals surface area contributed by atoms with Crippen LogP contribution in [0.2, 0.25) is 0 Å². The number of nitrogens with zero attached hydrogens (tertiary/aromatic N) is 2. The van der Waals surface area contributed by atoms with E-state index in [0.717, 1.165) is 31.9 Å². The highest BCUT2D eigenvalue weighted by molar-refractivity contribution is 5.95. The molecule has 2 rings (SSSR count). The fraction of sp³-hybridized carbons (Fsp3) is 0.556. The second kappa shape index (κ2) is 7.66. The van der Waals surface area contributed by atoms with Gasteiger partial charge in [0.15, 0.2) is 0 Å². The monoisotopic (exact) mass is 332 g/mol. The molecule has 1 aliphatic heterocycles. The summed E-state index contributed by atoms with van der Waals surface area (Å²) in [7, 11) is 2.13. The topological polar surface area (TPSA) is 64.7 Å². The van der Waals surface area contributed by atoms with Crippen LogP contribution in [0.3, 0.4) is 0 Å². The first-order chi connectivity index (χ1) is 11.3. The van der Waals surface area contributed by atoms with Gasteiger partial charge in [0.25, 0.3) is 0 Å². The molecule has 0 saturated carbocycles. The van der Waals surface area contributed by atoms with Gasteiger partial charge in [-0.1, -0.05) is 20.8 Å². The number of benzene rings is 1. The van der Waals surface area contributed by atoms with Crippen LogP contribution in [0.15, 0.2) is 24.3 Å². The number of likely N-dealkylation sites (N-methyl/N-ethyl adjacent to an activating group) is 1. The summed E-state index contributed by atoms with van der Waals surface area (Å²) in [5, 5.41) is 5.45. The smallest absolute Gasteiger partial charge is 0.243 e.